The molecule has 0 aliphatic carbocycles. The van der Waals surface area contributed by atoms with E-state index in [-0.39, 0.29) is 6.10 Å². The lowest BCUT2D eigenvalue weighted by Gasteiger charge is -2.35. The Morgan fingerprint density at radius 2 is 1.69 bits per heavy atom. The molecule has 0 saturated carbocycles. The zero-order valence-electron chi connectivity index (χ0n) is 18.3. The van der Waals surface area contributed by atoms with Gasteiger partial charge in [-0.05, 0) is 43.2 Å². The minimum Gasteiger partial charge on any atom is -0.487 e. The third kappa shape index (κ3) is 4.62. The Bertz CT molecular complexity index is 1030. The molecule has 32 heavy (non-hydrogen) atoms. The molecule has 2 saturated heterocycles. The van der Waals surface area contributed by atoms with Gasteiger partial charge in [0.1, 0.15) is 11.9 Å². The number of nitrogens with one attached hydrogen (secondary N) is 1. The zero-order valence-corrected chi connectivity index (χ0v) is 18.3. The van der Waals surface area contributed by atoms with Crippen LogP contribution in [0.1, 0.15) is 12.8 Å². The fraction of sp³-hybridized carbons (Fsp3) is 0.360. The van der Waals surface area contributed by atoms with Crippen molar-refractivity contribution in [1.29, 1.82) is 0 Å². The Hall–Kier alpha value is -3.32. The fourth-order valence-electron chi connectivity index (χ4n) is 4.53. The quantitative estimate of drug-likeness (QED) is 0.602. The number of ether oxygens (including phenoxy) is 1. The molecule has 1 unspecified atom stereocenters. The summed E-state index contributed by atoms with van der Waals surface area (Å²) in [6, 6.07) is 18.6. The Morgan fingerprint density at radius 3 is 2.47 bits per heavy atom. The van der Waals surface area contributed by atoms with Gasteiger partial charge in [0.25, 0.3) is 0 Å². The Kier molecular flexibility index (Phi) is 6.07. The third-order valence-corrected chi connectivity index (χ3v) is 6.24. The van der Waals surface area contributed by atoms with E-state index >= 15 is 0 Å². The molecule has 0 amide bonds. The first kappa shape index (κ1) is 20.6. The first-order valence-electron chi connectivity index (χ1n) is 11.4. The van der Waals surface area contributed by atoms with Gasteiger partial charge in [0, 0.05) is 61.4 Å². The number of nitrogen functional groups attached to an aromatic ring is 1. The highest BCUT2D eigenvalue weighted by Crippen LogP contribution is 2.28. The highest BCUT2D eigenvalue weighted by Gasteiger charge is 2.22. The number of hydrogen-bond acceptors (Lipinski definition) is 7. The number of nitrogens with two attached hydrogens (primary N) is 1. The summed E-state index contributed by atoms with van der Waals surface area (Å²) >= 11 is 0. The van der Waals surface area contributed by atoms with Gasteiger partial charge < -0.3 is 25.6 Å². The van der Waals surface area contributed by atoms with E-state index in [9.17, 15) is 0 Å². The molecule has 1 atom stereocenters. The van der Waals surface area contributed by atoms with Crippen LogP contribution in [0.3, 0.4) is 0 Å². The van der Waals surface area contributed by atoms with Gasteiger partial charge in [0.15, 0.2) is 0 Å². The van der Waals surface area contributed by atoms with Crippen LogP contribution in [0.15, 0.2) is 60.8 Å². The Morgan fingerprint density at radius 1 is 0.938 bits per heavy atom. The summed E-state index contributed by atoms with van der Waals surface area (Å²) in [7, 11) is 0. The fourth-order valence-corrected chi connectivity index (χ4v) is 4.53. The zero-order chi connectivity index (χ0) is 21.8. The van der Waals surface area contributed by atoms with E-state index in [2.05, 4.69) is 49.6 Å². The van der Waals surface area contributed by atoms with Crippen LogP contribution >= 0.6 is 0 Å². The van der Waals surface area contributed by atoms with Gasteiger partial charge in [-0.15, -0.1) is 0 Å². The van der Waals surface area contributed by atoms with Crippen molar-refractivity contribution in [2.24, 2.45) is 0 Å². The van der Waals surface area contributed by atoms with E-state index in [1.54, 1.807) is 6.20 Å². The highest BCUT2D eigenvalue weighted by atomic mass is 16.5. The van der Waals surface area contributed by atoms with E-state index in [1.807, 2.05) is 30.3 Å². The average Bonchev–Trinajstić information content (AvgIpc) is 2.85. The summed E-state index contributed by atoms with van der Waals surface area (Å²) in [6.45, 7) is 6.14. The van der Waals surface area contributed by atoms with E-state index in [0.29, 0.717) is 5.69 Å². The largest absolute Gasteiger partial charge is 0.487 e. The predicted octanol–water partition coefficient (Wildman–Crippen LogP) is 3.18. The van der Waals surface area contributed by atoms with Crippen molar-refractivity contribution in [3.63, 3.8) is 0 Å². The van der Waals surface area contributed by atoms with Crippen molar-refractivity contribution in [1.82, 2.24) is 15.5 Å². The number of aromatic nitrogens is 2. The maximum absolute atomic E-state index is 6.33. The molecule has 2 aliphatic heterocycles. The minimum atomic E-state index is 0.113. The van der Waals surface area contributed by atoms with Crippen LogP contribution in [0.2, 0.25) is 0 Å². The molecule has 166 valence electrons. The van der Waals surface area contributed by atoms with Gasteiger partial charge in [-0.1, -0.05) is 18.2 Å². The van der Waals surface area contributed by atoms with Crippen molar-refractivity contribution in [3.8, 4) is 17.0 Å². The summed E-state index contributed by atoms with van der Waals surface area (Å²) in [5.74, 6) is 0.735. The van der Waals surface area contributed by atoms with Crippen LogP contribution in [-0.2, 0) is 0 Å². The average molecular weight is 431 g/mol. The summed E-state index contributed by atoms with van der Waals surface area (Å²) < 4.78 is 6.33. The van der Waals surface area contributed by atoms with Gasteiger partial charge in [-0.25, -0.2) is 0 Å². The number of nitrogens with zero attached hydrogens (tertiary/aromatic N) is 4. The van der Waals surface area contributed by atoms with Gasteiger partial charge in [0.2, 0.25) is 0 Å². The van der Waals surface area contributed by atoms with Crippen LogP contribution in [-0.4, -0.2) is 55.6 Å². The number of piperazine rings is 1. The summed E-state index contributed by atoms with van der Waals surface area (Å²) in [5.41, 5.74) is 11.0. The predicted molar refractivity (Wildman–Crippen MR) is 129 cm³/mol. The number of hydrogen-bond donors (Lipinski definition) is 2. The van der Waals surface area contributed by atoms with Crippen molar-refractivity contribution in [3.05, 3.63) is 60.8 Å². The smallest absolute Gasteiger partial charge is 0.142 e. The van der Waals surface area contributed by atoms with E-state index in [0.717, 1.165) is 69.1 Å². The first-order valence-corrected chi connectivity index (χ1v) is 11.4. The molecule has 0 bridgehead atoms. The number of benzene rings is 2. The molecule has 3 aromatic rings. The lowest BCUT2D eigenvalue weighted by atomic mass is 10.1. The topological polar surface area (TPSA) is 79.5 Å². The van der Waals surface area contributed by atoms with Crippen molar-refractivity contribution in [2.75, 3.05) is 54.8 Å². The number of para-hydroxylation sites is 1. The number of piperidine rings is 1. The van der Waals surface area contributed by atoms with Crippen LogP contribution in [0.5, 0.6) is 5.75 Å². The molecule has 0 radical (unpaired) electrons. The molecular formula is C25H30N6O. The maximum atomic E-state index is 6.33. The second-order valence-electron chi connectivity index (χ2n) is 8.45. The summed E-state index contributed by atoms with van der Waals surface area (Å²) in [6.07, 6.45) is 3.92. The van der Waals surface area contributed by atoms with E-state index < -0.39 is 0 Å². The molecule has 7 nitrogen and oxygen atoms in total. The van der Waals surface area contributed by atoms with Crippen LogP contribution in [0, 0.1) is 0 Å². The monoisotopic (exact) mass is 430 g/mol. The van der Waals surface area contributed by atoms with Gasteiger partial charge in [-0.3, -0.25) is 0 Å². The summed E-state index contributed by atoms with van der Waals surface area (Å²) in [5, 5.41) is 11.8. The van der Waals surface area contributed by atoms with E-state index in [4.69, 9.17) is 10.5 Å². The molecule has 3 heterocycles. The van der Waals surface area contributed by atoms with Crippen LogP contribution in [0.4, 0.5) is 17.1 Å². The van der Waals surface area contributed by atoms with Crippen molar-refractivity contribution < 1.29 is 4.74 Å². The molecule has 2 aromatic carbocycles. The molecular weight excluding hydrogens is 400 g/mol. The van der Waals surface area contributed by atoms with Crippen LogP contribution in [0.25, 0.3) is 11.3 Å². The highest BCUT2D eigenvalue weighted by molar-refractivity contribution is 5.73. The molecule has 7 heteroatoms. The second kappa shape index (κ2) is 9.44. The van der Waals surface area contributed by atoms with Gasteiger partial charge in [-0.2, -0.15) is 10.2 Å². The third-order valence-electron chi connectivity index (χ3n) is 6.24. The van der Waals surface area contributed by atoms with Crippen LogP contribution < -0.4 is 25.6 Å². The molecule has 0 spiro atoms. The SMILES string of the molecule is Nc1ccccc1-c1cc(OC2CCCN(c3ccc(N4CCNCC4)cc3)C2)cnn1. The van der Waals surface area contributed by atoms with Crippen molar-refractivity contribution >= 4 is 17.1 Å². The second-order valence-corrected chi connectivity index (χ2v) is 8.45. The lowest BCUT2D eigenvalue weighted by molar-refractivity contribution is 0.178. The molecule has 5 rings (SSSR count). The summed E-state index contributed by atoms with van der Waals surface area (Å²) in [4.78, 5) is 4.86. The minimum absolute atomic E-state index is 0.113. The first-order chi connectivity index (χ1) is 15.8. The standard InChI is InChI=1S/C25H30N6O/c26-24-6-2-1-5-23(24)25-16-22(17-28-29-25)32-21-4-3-13-31(18-21)20-9-7-19(8-10-20)30-14-11-27-12-15-30/h1-2,5-10,16-17,21,27H,3-4,11-15,18,26H2. The molecule has 2 aliphatic rings. The number of rotatable bonds is 5. The number of anilines is 3. The van der Waals surface area contributed by atoms with E-state index in [1.165, 1.54) is 11.4 Å². The van der Waals surface area contributed by atoms with Crippen molar-refractivity contribution in [2.45, 2.75) is 18.9 Å². The Labute approximate surface area is 189 Å². The molecule has 2 fully saturated rings. The van der Waals surface area contributed by atoms with Gasteiger partial charge >= 0.3 is 0 Å². The normalized spacial score (nSPS) is 19.1. The Balaban J connectivity index is 1.25. The molecule has 1 aromatic heterocycles. The lowest BCUT2D eigenvalue weighted by Crippen LogP contribution is -2.43. The maximum Gasteiger partial charge on any atom is 0.142 e. The van der Waals surface area contributed by atoms with Gasteiger partial charge in [0.05, 0.1) is 18.4 Å². The molecule has 3 N–H and O–H groups in total.